The van der Waals surface area contributed by atoms with Gasteiger partial charge in [0.2, 0.25) is 5.91 Å². The van der Waals surface area contributed by atoms with Crippen LogP contribution in [0.25, 0.3) is 0 Å². The fourth-order valence-electron chi connectivity index (χ4n) is 3.38. The van der Waals surface area contributed by atoms with Crippen molar-refractivity contribution < 1.29 is 4.79 Å². The molecule has 1 N–H and O–H groups in total. The first kappa shape index (κ1) is 18.0. The number of rotatable bonds is 5. The number of amides is 1. The zero-order valence-corrected chi connectivity index (χ0v) is 15.4. The predicted molar refractivity (Wildman–Crippen MR) is 96.9 cm³/mol. The third kappa shape index (κ3) is 4.12. The Kier molecular flexibility index (Phi) is 5.48. The molecular weight excluding hydrogens is 286 g/mol. The highest BCUT2D eigenvalue weighted by atomic mass is 16.2. The molecule has 1 atom stereocenters. The molecule has 1 aliphatic rings. The second-order valence-corrected chi connectivity index (χ2v) is 7.55. The Morgan fingerprint density at radius 1 is 1.39 bits per heavy atom. The molecular formula is C19H31N3O. The lowest BCUT2D eigenvalue weighted by molar-refractivity contribution is -0.117. The van der Waals surface area contributed by atoms with Gasteiger partial charge in [0, 0.05) is 17.8 Å². The maximum absolute atomic E-state index is 12.3. The van der Waals surface area contributed by atoms with E-state index in [1.165, 1.54) is 12.0 Å². The van der Waals surface area contributed by atoms with Gasteiger partial charge in [-0.1, -0.05) is 12.1 Å². The van der Waals surface area contributed by atoms with Crippen LogP contribution in [0.5, 0.6) is 0 Å². The van der Waals surface area contributed by atoms with Gasteiger partial charge >= 0.3 is 0 Å². The van der Waals surface area contributed by atoms with E-state index in [9.17, 15) is 4.79 Å². The Morgan fingerprint density at radius 2 is 2.09 bits per heavy atom. The van der Waals surface area contributed by atoms with Gasteiger partial charge in [0.25, 0.3) is 0 Å². The molecule has 0 saturated carbocycles. The first-order chi connectivity index (χ1) is 10.7. The molecule has 0 spiro atoms. The smallest absolute Gasteiger partial charge is 0.238 e. The fraction of sp³-hybridized carbons (Fsp3) is 0.632. The van der Waals surface area contributed by atoms with E-state index in [0.29, 0.717) is 12.5 Å². The lowest BCUT2D eigenvalue weighted by Gasteiger charge is -2.35. The monoisotopic (exact) mass is 317 g/mol. The Hall–Kier alpha value is -1.39. The summed E-state index contributed by atoms with van der Waals surface area (Å²) in [4.78, 5) is 16.9. The molecule has 0 bridgehead atoms. The van der Waals surface area contributed by atoms with Crippen LogP contribution in [0, 0.1) is 19.8 Å². The summed E-state index contributed by atoms with van der Waals surface area (Å²) in [6.45, 7) is 11.2. The van der Waals surface area contributed by atoms with Crippen LogP contribution >= 0.6 is 0 Å². The third-order valence-corrected chi connectivity index (χ3v) is 5.62. The highest BCUT2D eigenvalue weighted by molar-refractivity contribution is 5.93. The number of aryl methyl sites for hydroxylation is 1. The molecule has 1 aromatic carbocycles. The molecule has 23 heavy (non-hydrogen) atoms. The number of nitrogens with zero attached hydrogens (tertiary/aromatic N) is 2. The number of anilines is 1. The van der Waals surface area contributed by atoms with Gasteiger partial charge in [-0.25, -0.2) is 0 Å². The molecule has 4 nitrogen and oxygen atoms in total. The number of hydrogen-bond acceptors (Lipinski definition) is 3. The zero-order chi connectivity index (χ0) is 17.2. The van der Waals surface area contributed by atoms with Crippen molar-refractivity contribution in [3.63, 3.8) is 0 Å². The van der Waals surface area contributed by atoms with Crippen molar-refractivity contribution in [2.45, 2.75) is 39.7 Å². The van der Waals surface area contributed by atoms with Crippen molar-refractivity contribution >= 4 is 11.6 Å². The predicted octanol–water partition coefficient (Wildman–Crippen LogP) is 2.90. The summed E-state index contributed by atoms with van der Waals surface area (Å²) in [5.74, 6) is 0.663. The Labute approximate surface area is 140 Å². The molecule has 1 fully saturated rings. The van der Waals surface area contributed by atoms with Crippen LogP contribution in [-0.4, -0.2) is 55.0 Å². The standard InChI is InChI=1S/C19H31N3O/c1-14-8-7-9-17(15(14)2)20-18(23)13-21(5)12-16-10-11-22(6)19(16,3)4/h7-9,16H,10-13H2,1-6H3,(H,20,23)/t16-/m0/s1. The molecule has 128 valence electrons. The van der Waals surface area contributed by atoms with Gasteiger partial charge in [-0.15, -0.1) is 0 Å². The normalized spacial score (nSPS) is 20.9. The Morgan fingerprint density at radius 3 is 2.70 bits per heavy atom. The van der Waals surface area contributed by atoms with Crippen molar-refractivity contribution in [2.24, 2.45) is 5.92 Å². The number of benzene rings is 1. The molecule has 1 heterocycles. The van der Waals surface area contributed by atoms with E-state index in [1.54, 1.807) is 0 Å². The Bertz CT molecular complexity index is 568. The first-order valence-corrected chi connectivity index (χ1v) is 8.47. The van der Waals surface area contributed by atoms with Gasteiger partial charge in [-0.3, -0.25) is 9.69 Å². The summed E-state index contributed by atoms with van der Waals surface area (Å²) in [7, 11) is 4.23. The second kappa shape index (κ2) is 7.02. The van der Waals surface area contributed by atoms with Gasteiger partial charge < -0.3 is 10.2 Å². The summed E-state index contributed by atoms with van der Waals surface area (Å²) in [6.07, 6.45) is 1.20. The maximum Gasteiger partial charge on any atom is 0.238 e. The quantitative estimate of drug-likeness (QED) is 0.907. The largest absolute Gasteiger partial charge is 0.325 e. The van der Waals surface area contributed by atoms with Gasteiger partial charge in [0.15, 0.2) is 0 Å². The number of hydrogen-bond donors (Lipinski definition) is 1. The van der Waals surface area contributed by atoms with Crippen LogP contribution < -0.4 is 5.32 Å². The average molecular weight is 317 g/mol. The molecule has 1 aromatic rings. The summed E-state index contributed by atoms with van der Waals surface area (Å²) >= 11 is 0. The van der Waals surface area contributed by atoms with E-state index in [0.717, 1.165) is 24.3 Å². The van der Waals surface area contributed by atoms with Crippen LogP contribution in [0.2, 0.25) is 0 Å². The Balaban J connectivity index is 1.89. The van der Waals surface area contributed by atoms with Crippen molar-refractivity contribution in [2.75, 3.05) is 39.0 Å². The van der Waals surface area contributed by atoms with Gasteiger partial charge in [0.05, 0.1) is 6.54 Å². The molecule has 4 heteroatoms. The highest BCUT2D eigenvalue weighted by Crippen LogP contribution is 2.33. The van der Waals surface area contributed by atoms with E-state index in [-0.39, 0.29) is 11.4 Å². The molecule has 0 aliphatic carbocycles. The SMILES string of the molecule is Cc1cccc(NC(=O)CN(C)C[C@@H]2CCN(C)C2(C)C)c1C. The molecule has 1 saturated heterocycles. The average Bonchev–Trinajstić information content (AvgIpc) is 2.70. The van der Waals surface area contributed by atoms with Gasteiger partial charge in [-0.2, -0.15) is 0 Å². The lowest BCUT2D eigenvalue weighted by Crippen LogP contribution is -2.44. The second-order valence-electron chi connectivity index (χ2n) is 7.55. The molecule has 1 aliphatic heterocycles. The van der Waals surface area contributed by atoms with Crippen molar-refractivity contribution in [1.82, 2.24) is 9.80 Å². The number of carbonyl (C=O) groups is 1. The van der Waals surface area contributed by atoms with Crippen LogP contribution in [0.15, 0.2) is 18.2 Å². The van der Waals surface area contributed by atoms with Crippen LogP contribution in [0.4, 0.5) is 5.69 Å². The summed E-state index contributed by atoms with van der Waals surface area (Å²) < 4.78 is 0. The summed E-state index contributed by atoms with van der Waals surface area (Å²) in [5.41, 5.74) is 3.47. The third-order valence-electron chi connectivity index (χ3n) is 5.62. The van der Waals surface area contributed by atoms with Crippen molar-refractivity contribution in [3.8, 4) is 0 Å². The molecule has 2 rings (SSSR count). The molecule has 1 amide bonds. The van der Waals surface area contributed by atoms with Gasteiger partial charge in [-0.05, 0) is 77.9 Å². The van der Waals surface area contributed by atoms with E-state index in [4.69, 9.17) is 0 Å². The lowest BCUT2D eigenvalue weighted by atomic mass is 9.88. The topological polar surface area (TPSA) is 35.6 Å². The van der Waals surface area contributed by atoms with E-state index in [2.05, 4.69) is 49.0 Å². The fourth-order valence-corrected chi connectivity index (χ4v) is 3.38. The molecule has 0 unspecified atom stereocenters. The van der Waals surface area contributed by atoms with Crippen LogP contribution in [0.1, 0.15) is 31.4 Å². The minimum Gasteiger partial charge on any atom is -0.325 e. The maximum atomic E-state index is 12.3. The minimum atomic E-state index is 0.0605. The minimum absolute atomic E-state index is 0.0605. The van der Waals surface area contributed by atoms with E-state index < -0.39 is 0 Å². The number of likely N-dealkylation sites (tertiary alicyclic amines) is 1. The first-order valence-electron chi connectivity index (χ1n) is 8.47. The highest BCUT2D eigenvalue weighted by Gasteiger charge is 2.39. The summed E-state index contributed by atoms with van der Waals surface area (Å²) in [6, 6.07) is 6.02. The zero-order valence-electron chi connectivity index (χ0n) is 15.4. The van der Waals surface area contributed by atoms with Crippen molar-refractivity contribution in [3.05, 3.63) is 29.3 Å². The summed E-state index contributed by atoms with van der Waals surface area (Å²) in [5, 5.41) is 3.05. The molecule has 0 aromatic heterocycles. The number of carbonyl (C=O) groups excluding carboxylic acids is 1. The van der Waals surface area contributed by atoms with E-state index in [1.807, 2.05) is 26.1 Å². The van der Waals surface area contributed by atoms with Crippen molar-refractivity contribution in [1.29, 1.82) is 0 Å². The number of nitrogens with one attached hydrogen (secondary N) is 1. The molecule has 0 radical (unpaired) electrons. The van der Waals surface area contributed by atoms with Gasteiger partial charge in [0.1, 0.15) is 0 Å². The number of likely N-dealkylation sites (N-methyl/N-ethyl adjacent to an activating group) is 1. The van der Waals surface area contributed by atoms with Crippen LogP contribution in [-0.2, 0) is 4.79 Å². The van der Waals surface area contributed by atoms with Crippen LogP contribution in [0.3, 0.4) is 0 Å². The van der Waals surface area contributed by atoms with E-state index >= 15 is 0 Å².